The Morgan fingerprint density at radius 2 is 1.91 bits per heavy atom. The maximum atomic E-state index is 11.9. The molecule has 0 N–H and O–H groups in total. The topological polar surface area (TPSA) is 36.4 Å². The predicted molar refractivity (Wildman–Crippen MR) is 86.1 cm³/mol. The van der Waals surface area contributed by atoms with Gasteiger partial charge in [0.2, 0.25) is 5.91 Å². The molecule has 0 aliphatic carbocycles. The fourth-order valence-corrected chi connectivity index (χ4v) is 3.04. The Morgan fingerprint density at radius 1 is 1.14 bits per heavy atom. The highest BCUT2D eigenvalue weighted by Crippen LogP contribution is 2.26. The van der Waals surface area contributed by atoms with Crippen molar-refractivity contribution in [3.05, 3.63) is 66.0 Å². The van der Waals surface area contributed by atoms with Gasteiger partial charge in [0.15, 0.2) is 0 Å². The lowest BCUT2D eigenvalue weighted by atomic mass is 10.0. The first-order valence-electron chi connectivity index (χ1n) is 7.68. The van der Waals surface area contributed by atoms with E-state index >= 15 is 0 Å². The molecule has 1 aliphatic heterocycles. The Hall–Kier alpha value is -2.20. The Balaban J connectivity index is 1.77. The van der Waals surface area contributed by atoms with Gasteiger partial charge in [-0.2, -0.15) is 0 Å². The van der Waals surface area contributed by atoms with Crippen molar-refractivity contribution >= 4 is 5.91 Å². The standard InChI is InChI=1S/C18H21N3O/c1-15(22)21-12-11-20(13-17-9-5-6-10-19-17)14-18(21)16-7-3-2-4-8-16/h2-10,18H,11-14H2,1H3/t18-/m1/s1. The summed E-state index contributed by atoms with van der Waals surface area (Å²) in [5.41, 5.74) is 2.27. The van der Waals surface area contributed by atoms with Crippen molar-refractivity contribution in [2.45, 2.75) is 19.5 Å². The zero-order valence-electron chi connectivity index (χ0n) is 12.9. The molecular formula is C18H21N3O. The van der Waals surface area contributed by atoms with Crippen molar-refractivity contribution in [1.82, 2.24) is 14.8 Å². The van der Waals surface area contributed by atoms with Crippen molar-refractivity contribution < 1.29 is 4.79 Å². The number of nitrogens with zero attached hydrogens (tertiary/aromatic N) is 3. The van der Waals surface area contributed by atoms with Crippen LogP contribution in [0.1, 0.15) is 24.2 Å². The van der Waals surface area contributed by atoms with Crippen LogP contribution in [0.3, 0.4) is 0 Å². The quantitative estimate of drug-likeness (QED) is 0.873. The van der Waals surface area contributed by atoms with Gasteiger partial charge >= 0.3 is 0 Å². The fraction of sp³-hybridized carbons (Fsp3) is 0.333. The molecule has 1 aliphatic rings. The van der Waals surface area contributed by atoms with Crippen LogP contribution in [0.5, 0.6) is 0 Å². The number of aromatic nitrogens is 1. The first-order chi connectivity index (χ1) is 10.7. The molecule has 1 atom stereocenters. The van der Waals surface area contributed by atoms with E-state index in [0.717, 1.165) is 31.9 Å². The summed E-state index contributed by atoms with van der Waals surface area (Å²) in [5.74, 6) is 0.145. The van der Waals surface area contributed by atoms with Gasteiger partial charge in [-0.3, -0.25) is 14.7 Å². The van der Waals surface area contributed by atoms with Gasteiger partial charge in [-0.25, -0.2) is 0 Å². The normalized spacial score (nSPS) is 19.1. The third-order valence-corrected chi connectivity index (χ3v) is 4.17. The molecule has 2 heterocycles. The average molecular weight is 295 g/mol. The molecule has 3 rings (SSSR count). The molecule has 1 amide bonds. The van der Waals surface area contributed by atoms with Crippen molar-refractivity contribution in [2.24, 2.45) is 0 Å². The zero-order chi connectivity index (χ0) is 15.4. The van der Waals surface area contributed by atoms with E-state index in [1.54, 1.807) is 6.92 Å². The fourth-order valence-electron chi connectivity index (χ4n) is 3.04. The lowest BCUT2D eigenvalue weighted by Gasteiger charge is -2.41. The second kappa shape index (κ2) is 6.71. The summed E-state index contributed by atoms with van der Waals surface area (Å²) in [6.45, 7) is 4.99. The predicted octanol–water partition coefficient (Wildman–Crippen LogP) is 2.49. The maximum absolute atomic E-state index is 11.9. The molecule has 114 valence electrons. The van der Waals surface area contributed by atoms with Crippen LogP contribution < -0.4 is 0 Å². The molecule has 1 saturated heterocycles. The van der Waals surface area contributed by atoms with Gasteiger partial charge in [-0.15, -0.1) is 0 Å². The molecule has 2 aromatic rings. The molecule has 1 aromatic heterocycles. The van der Waals surface area contributed by atoms with Crippen LogP contribution >= 0.6 is 0 Å². The van der Waals surface area contributed by atoms with Gasteiger partial charge in [0.05, 0.1) is 11.7 Å². The molecule has 0 bridgehead atoms. The van der Waals surface area contributed by atoms with E-state index in [4.69, 9.17) is 0 Å². The molecule has 4 nitrogen and oxygen atoms in total. The molecule has 4 heteroatoms. The van der Waals surface area contributed by atoms with Crippen molar-refractivity contribution in [3.8, 4) is 0 Å². The number of pyridine rings is 1. The van der Waals surface area contributed by atoms with E-state index in [-0.39, 0.29) is 11.9 Å². The van der Waals surface area contributed by atoms with Gasteiger partial charge in [0, 0.05) is 39.3 Å². The summed E-state index contributed by atoms with van der Waals surface area (Å²) >= 11 is 0. The van der Waals surface area contributed by atoms with Crippen molar-refractivity contribution in [3.63, 3.8) is 0 Å². The number of hydrogen-bond acceptors (Lipinski definition) is 3. The lowest BCUT2D eigenvalue weighted by Crippen LogP contribution is -2.49. The smallest absolute Gasteiger partial charge is 0.220 e. The number of carbonyl (C=O) groups is 1. The minimum atomic E-state index is 0.121. The average Bonchev–Trinajstić information content (AvgIpc) is 2.56. The zero-order valence-corrected chi connectivity index (χ0v) is 12.9. The Morgan fingerprint density at radius 3 is 2.59 bits per heavy atom. The Bertz CT molecular complexity index is 615. The van der Waals surface area contributed by atoms with Crippen LogP contribution in [0.2, 0.25) is 0 Å². The third-order valence-electron chi connectivity index (χ3n) is 4.17. The number of carbonyl (C=O) groups excluding carboxylic acids is 1. The molecule has 0 spiro atoms. The Labute approximate surface area is 131 Å². The van der Waals surface area contributed by atoms with E-state index in [2.05, 4.69) is 28.1 Å². The minimum Gasteiger partial charge on any atom is -0.333 e. The largest absolute Gasteiger partial charge is 0.333 e. The molecule has 0 radical (unpaired) electrons. The van der Waals surface area contributed by atoms with Gasteiger partial charge in [-0.05, 0) is 17.7 Å². The summed E-state index contributed by atoms with van der Waals surface area (Å²) in [6, 6.07) is 16.4. The van der Waals surface area contributed by atoms with Crippen LogP contribution in [-0.2, 0) is 11.3 Å². The maximum Gasteiger partial charge on any atom is 0.220 e. The highest BCUT2D eigenvalue weighted by atomic mass is 16.2. The summed E-state index contributed by atoms with van der Waals surface area (Å²) in [7, 11) is 0. The van der Waals surface area contributed by atoms with Gasteiger partial charge in [-0.1, -0.05) is 36.4 Å². The second-order valence-corrected chi connectivity index (χ2v) is 5.70. The van der Waals surface area contributed by atoms with Gasteiger partial charge in [0.1, 0.15) is 0 Å². The minimum absolute atomic E-state index is 0.121. The number of amides is 1. The second-order valence-electron chi connectivity index (χ2n) is 5.70. The molecule has 0 saturated carbocycles. The van der Waals surface area contributed by atoms with E-state index in [9.17, 15) is 4.79 Å². The van der Waals surface area contributed by atoms with Crippen molar-refractivity contribution in [2.75, 3.05) is 19.6 Å². The number of piperazine rings is 1. The summed E-state index contributed by atoms with van der Waals surface area (Å²) < 4.78 is 0. The SMILES string of the molecule is CC(=O)N1CCN(Cc2ccccn2)C[C@@H]1c1ccccc1. The summed E-state index contributed by atoms with van der Waals surface area (Å²) in [6.07, 6.45) is 1.83. The lowest BCUT2D eigenvalue weighted by molar-refractivity contribution is -0.134. The molecule has 0 unspecified atom stereocenters. The van der Waals surface area contributed by atoms with E-state index in [0.29, 0.717) is 0 Å². The van der Waals surface area contributed by atoms with Crippen LogP contribution in [0, 0.1) is 0 Å². The Kier molecular flexibility index (Phi) is 4.49. The monoisotopic (exact) mass is 295 g/mol. The van der Waals surface area contributed by atoms with E-state index < -0.39 is 0 Å². The number of hydrogen-bond donors (Lipinski definition) is 0. The van der Waals surface area contributed by atoms with E-state index in [1.807, 2.05) is 41.4 Å². The van der Waals surface area contributed by atoms with Gasteiger partial charge < -0.3 is 4.90 Å². The van der Waals surface area contributed by atoms with Crippen LogP contribution in [0.4, 0.5) is 0 Å². The number of benzene rings is 1. The summed E-state index contributed by atoms with van der Waals surface area (Å²) in [5, 5.41) is 0. The first-order valence-corrected chi connectivity index (χ1v) is 7.68. The highest BCUT2D eigenvalue weighted by molar-refractivity contribution is 5.74. The van der Waals surface area contributed by atoms with Crippen molar-refractivity contribution in [1.29, 1.82) is 0 Å². The van der Waals surface area contributed by atoms with Crippen LogP contribution in [-0.4, -0.2) is 40.3 Å². The molecule has 1 fully saturated rings. The number of rotatable bonds is 3. The molecule has 22 heavy (non-hydrogen) atoms. The summed E-state index contributed by atoms with van der Waals surface area (Å²) in [4.78, 5) is 20.7. The van der Waals surface area contributed by atoms with Crippen LogP contribution in [0.25, 0.3) is 0 Å². The van der Waals surface area contributed by atoms with Crippen LogP contribution in [0.15, 0.2) is 54.7 Å². The molecular weight excluding hydrogens is 274 g/mol. The van der Waals surface area contributed by atoms with Gasteiger partial charge in [0.25, 0.3) is 0 Å². The third kappa shape index (κ3) is 3.34. The van der Waals surface area contributed by atoms with E-state index in [1.165, 1.54) is 5.56 Å². The first kappa shape index (κ1) is 14.7. The highest BCUT2D eigenvalue weighted by Gasteiger charge is 2.29. The molecule has 1 aromatic carbocycles.